The number of alkyl halides is 1. The monoisotopic (exact) mass is 236 g/mol. The van der Waals surface area contributed by atoms with E-state index in [-0.39, 0.29) is 11.7 Å². The van der Waals surface area contributed by atoms with E-state index >= 15 is 0 Å². The van der Waals surface area contributed by atoms with Crippen molar-refractivity contribution in [1.29, 1.82) is 0 Å². The van der Waals surface area contributed by atoms with Gasteiger partial charge in [0, 0.05) is 0 Å². The minimum Gasteiger partial charge on any atom is -0.461 e. The van der Waals surface area contributed by atoms with Crippen LogP contribution < -0.4 is 0 Å². The molecule has 0 N–H and O–H groups in total. The van der Waals surface area contributed by atoms with Crippen molar-refractivity contribution in [2.75, 3.05) is 13.3 Å². The molecule has 0 aliphatic rings. The summed E-state index contributed by atoms with van der Waals surface area (Å²) in [7, 11) is 0. The topological polar surface area (TPSA) is 26.3 Å². The number of carbonyl (C=O) groups excluding carboxylic acids is 1. The third-order valence-corrected chi connectivity index (χ3v) is 2.14. The first-order chi connectivity index (χ1) is 7.18. The van der Waals surface area contributed by atoms with Crippen LogP contribution in [0.5, 0.6) is 0 Å². The standard InChI is InChI=1S/C11H18ClFO2/c1-10(12)11(14)15-9-7-5-3-2-4-6-8-13/h1-9H2. The zero-order valence-corrected chi connectivity index (χ0v) is 9.69. The van der Waals surface area contributed by atoms with E-state index in [1.807, 2.05) is 0 Å². The van der Waals surface area contributed by atoms with Gasteiger partial charge in [0.1, 0.15) is 5.03 Å². The highest BCUT2D eigenvalue weighted by Crippen LogP contribution is 2.06. The van der Waals surface area contributed by atoms with E-state index in [0.717, 1.165) is 32.1 Å². The van der Waals surface area contributed by atoms with Crippen molar-refractivity contribution in [1.82, 2.24) is 0 Å². The molecule has 0 bridgehead atoms. The summed E-state index contributed by atoms with van der Waals surface area (Å²) in [6.45, 7) is 3.42. The molecular formula is C11H18ClFO2. The molecule has 0 amide bonds. The molecule has 15 heavy (non-hydrogen) atoms. The van der Waals surface area contributed by atoms with Crippen LogP contribution in [0.25, 0.3) is 0 Å². The minimum absolute atomic E-state index is 0.0852. The average molecular weight is 237 g/mol. The van der Waals surface area contributed by atoms with Crippen molar-refractivity contribution < 1.29 is 13.9 Å². The Morgan fingerprint density at radius 2 is 1.67 bits per heavy atom. The zero-order valence-electron chi connectivity index (χ0n) is 8.94. The number of rotatable bonds is 9. The van der Waals surface area contributed by atoms with E-state index < -0.39 is 5.97 Å². The molecule has 0 aromatic rings. The Balaban J connectivity index is 3.11. The first kappa shape index (κ1) is 14.4. The van der Waals surface area contributed by atoms with E-state index in [2.05, 4.69) is 6.58 Å². The maximum Gasteiger partial charge on any atom is 0.349 e. The summed E-state index contributed by atoms with van der Waals surface area (Å²) in [5.41, 5.74) is 0. The molecule has 0 spiro atoms. The Bertz CT molecular complexity index is 195. The van der Waals surface area contributed by atoms with Crippen LogP contribution in [0.15, 0.2) is 11.6 Å². The SMILES string of the molecule is C=C(Cl)C(=O)OCCCCCCCCF. The van der Waals surface area contributed by atoms with Crippen LogP contribution in [-0.2, 0) is 9.53 Å². The largest absolute Gasteiger partial charge is 0.461 e. The van der Waals surface area contributed by atoms with Crippen molar-refractivity contribution in [3.8, 4) is 0 Å². The van der Waals surface area contributed by atoms with Gasteiger partial charge in [-0.15, -0.1) is 0 Å². The van der Waals surface area contributed by atoms with Gasteiger partial charge < -0.3 is 4.74 Å². The second-order valence-corrected chi connectivity index (χ2v) is 3.81. The van der Waals surface area contributed by atoms with Gasteiger partial charge in [-0.25, -0.2) is 4.79 Å². The highest BCUT2D eigenvalue weighted by atomic mass is 35.5. The van der Waals surface area contributed by atoms with Crippen LogP contribution in [0.1, 0.15) is 38.5 Å². The van der Waals surface area contributed by atoms with E-state index in [0.29, 0.717) is 13.0 Å². The van der Waals surface area contributed by atoms with E-state index in [9.17, 15) is 9.18 Å². The fourth-order valence-corrected chi connectivity index (χ4v) is 1.20. The quantitative estimate of drug-likeness (QED) is 0.347. The first-order valence-electron chi connectivity index (χ1n) is 5.26. The summed E-state index contributed by atoms with van der Waals surface area (Å²) in [5, 5.41) is -0.0852. The summed E-state index contributed by atoms with van der Waals surface area (Å²) in [4.78, 5) is 10.8. The number of carbonyl (C=O) groups is 1. The molecule has 0 heterocycles. The Kier molecular flexibility index (Phi) is 9.59. The van der Waals surface area contributed by atoms with Crippen molar-refractivity contribution in [2.45, 2.75) is 38.5 Å². The Hall–Kier alpha value is -0.570. The molecule has 4 heteroatoms. The van der Waals surface area contributed by atoms with Crippen LogP contribution in [-0.4, -0.2) is 19.3 Å². The number of halogens is 2. The Morgan fingerprint density at radius 3 is 2.20 bits per heavy atom. The molecule has 0 aromatic carbocycles. The smallest absolute Gasteiger partial charge is 0.349 e. The summed E-state index contributed by atoms with van der Waals surface area (Å²) in [6.07, 6.45) is 5.51. The van der Waals surface area contributed by atoms with E-state index in [1.165, 1.54) is 0 Å². The number of esters is 1. The molecule has 88 valence electrons. The summed E-state index contributed by atoms with van der Waals surface area (Å²) in [6, 6.07) is 0. The minimum atomic E-state index is -0.547. The fraction of sp³-hybridized carbons (Fsp3) is 0.727. The Labute approximate surface area is 95.4 Å². The van der Waals surface area contributed by atoms with Gasteiger partial charge in [0.2, 0.25) is 0 Å². The van der Waals surface area contributed by atoms with Crippen LogP contribution in [0.4, 0.5) is 4.39 Å². The van der Waals surface area contributed by atoms with Gasteiger partial charge in [0.15, 0.2) is 0 Å². The van der Waals surface area contributed by atoms with E-state index in [4.69, 9.17) is 16.3 Å². The fourth-order valence-electron chi connectivity index (χ4n) is 1.15. The van der Waals surface area contributed by atoms with Crippen molar-refractivity contribution in [3.63, 3.8) is 0 Å². The zero-order chi connectivity index (χ0) is 11.5. The highest BCUT2D eigenvalue weighted by molar-refractivity contribution is 6.40. The molecule has 0 aliphatic carbocycles. The molecule has 0 radical (unpaired) electrons. The lowest BCUT2D eigenvalue weighted by molar-refractivity contribution is -0.138. The second kappa shape index (κ2) is 9.97. The summed E-state index contributed by atoms with van der Waals surface area (Å²) >= 11 is 5.32. The molecule has 2 nitrogen and oxygen atoms in total. The second-order valence-electron chi connectivity index (χ2n) is 3.35. The van der Waals surface area contributed by atoms with Crippen molar-refractivity contribution >= 4 is 17.6 Å². The summed E-state index contributed by atoms with van der Waals surface area (Å²) < 4.78 is 16.5. The van der Waals surface area contributed by atoms with Crippen LogP contribution in [0, 0.1) is 0 Å². The third-order valence-electron chi connectivity index (χ3n) is 1.98. The molecule has 0 aromatic heterocycles. The molecular weight excluding hydrogens is 219 g/mol. The molecule has 0 aliphatic heterocycles. The van der Waals surface area contributed by atoms with Gasteiger partial charge in [-0.1, -0.05) is 43.9 Å². The molecule has 0 fully saturated rings. The van der Waals surface area contributed by atoms with Crippen molar-refractivity contribution in [3.05, 3.63) is 11.6 Å². The maximum absolute atomic E-state index is 11.7. The van der Waals surface area contributed by atoms with Crippen LogP contribution in [0.3, 0.4) is 0 Å². The van der Waals surface area contributed by atoms with Crippen LogP contribution >= 0.6 is 11.6 Å². The first-order valence-corrected chi connectivity index (χ1v) is 5.63. The number of hydrogen-bond acceptors (Lipinski definition) is 2. The molecule has 0 atom stereocenters. The lowest BCUT2D eigenvalue weighted by atomic mass is 10.1. The lowest BCUT2D eigenvalue weighted by Gasteiger charge is -2.03. The normalized spacial score (nSPS) is 10.0. The van der Waals surface area contributed by atoms with Gasteiger partial charge in [-0.2, -0.15) is 0 Å². The molecule has 0 rings (SSSR count). The van der Waals surface area contributed by atoms with Gasteiger partial charge in [0.05, 0.1) is 13.3 Å². The van der Waals surface area contributed by atoms with Gasteiger partial charge in [-0.05, 0) is 12.8 Å². The predicted octanol–water partition coefficient (Wildman–Crippen LogP) is 3.59. The molecule has 0 unspecified atom stereocenters. The third kappa shape index (κ3) is 9.73. The maximum atomic E-state index is 11.7. The lowest BCUT2D eigenvalue weighted by Crippen LogP contribution is -2.04. The number of hydrogen-bond donors (Lipinski definition) is 0. The van der Waals surface area contributed by atoms with Crippen LogP contribution in [0.2, 0.25) is 0 Å². The Morgan fingerprint density at radius 1 is 1.13 bits per heavy atom. The van der Waals surface area contributed by atoms with E-state index in [1.54, 1.807) is 0 Å². The molecule has 0 saturated heterocycles. The highest BCUT2D eigenvalue weighted by Gasteiger charge is 2.03. The predicted molar refractivity (Wildman–Crippen MR) is 59.6 cm³/mol. The van der Waals surface area contributed by atoms with Gasteiger partial charge in [0.25, 0.3) is 0 Å². The van der Waals surface area contributed by atoms with Crippen molar-refractivity contribution in [2.24, 2.45) is 0 Å². The van der Waals surface area contributed by atoms with Gasteiger partial charge in [-0.3, -0.25) is 4.39 Å². The average Bonchev–Trinajstić information content (AvgIpc) is 2.21. The number of ether oxygens (including phenoxy) is 1. The summed E-state index contributed by atoms with van der Waals surface area (Å²) in [5.74, 6) is -0.547. The molecule has 0 saturated carbocycles. The number of unbranched alkanes of at least 4 members (excludes halogenated alkanes) is 5. The van der Waals surface area contributed by atoms with Gasteiger partial charge >= 0.3 is 5.97 Å².